The Balaban J connectivity index is 1.83. The van der Waals surface area contributed by atoms with E-state index in [0.717, 1.165) is 25.3 Å². The molecule has 0 unspecified atom stereocenters. The van der Waals surface area contributed by atoms with Gasteiger partial charge in [-0.05, 0) is 55.7 Å². The Morgan fingerprint density at radius 2 is 1.72 bits per heavy atom. The van der Waals surface area contributed by atoms with Crippen molar-refractivity contribution in [2.75, 3.05) is 18.4 Å². The number of benzene rings is 2. The van der Waals surface area contributed by atoms with Crippen molar-refractivity contribution < 1.29 is 26.4 Å². The molecule has 5 nitrogen and oxygen atoms in total. The fourth-order valence-electron chi connectivity index (χ4n) is 3.26. The van der Waals surface area contributed by atoms with Gasteiger partial charge in [0.05, 0.1) is 10.5 Å². The molecule has 29 heavy (non-hydrogen) atoms. The number of halogens is 3. The van der Waals surface area contributed by atoms with Crippen LogP contribution in [0.2, 0.25) is 0 Å². The van der Waals surface area contributed by atoms with E-state index in [-0.39, 0.29) is 21.7 Å². The summed E-state index contributed by atoms with van der Waals surface area (Å²) < 4.78 is 66.2. The number of piperidine rings is 1. The molecule has 0 bridgehead atoms. The molecule has 0 atom stereocenters. The molecular weight excluding hydrogens is 405 g/mol. The van der Waals surface area contributed by atoms with E-state index in [0.29, 0.717) is 13.1 Å². The van der Waals surface area contributed by atoms with Gasteiger partial charge in [0.15, 0.2) is 0 Å². The molecule has 1 saturated heterocycles. The van der Waals surface area contributed by atoms with Crippen LogP contribution < -0.4 is 5.32 Å². The molecule has 1 aliphatic heterocycles. The van der Waals surface area contributed by atoms with E-state index in [9.17, 15) is 26.4 Å². The highest BCUT2D eigenvalue weighted by Crippen LogP contribution is 2.33. The van der Waals surface area contributed by atoms with Crippen molar-refractivity contribution in [3.8, 4) is 0 Å². The van der Waals surface area contributed by atoms with Crippen LogP contribution in [0, 0.1) is 6.92 Å². The van der Waals surface area contributed by atoms with E-state index in [1.807, 2.05) is 0 Å². The summed E-state index contributed by atoms with van der Waals surface area (Å²) in [5.41, 5.74) is -0.753. The van der Waals surface area contributed by atoms with Crippen LogP contribution in [0.25, 0.3) is 0 Å². The van der Waals surface area contributed by atoms with Crippen LogP contribution in [0.1, 0.15) is 40.7 Å². The summed E-state index contributed by atoms with van der Waals surface area (Å²) >= 11 is 0. The quantitative estimate of drug-likeness (QED) is 0.786. The van der Waals surface area contributed by atoms with E-state index in [4.69, 9.17) is 0 Å². The minimum absolute atomic E-state index is 0.00747. The molecule has 1 amide bonds. The Morgan fingerprint density at radius 3 is 2.38 bits per heavy atom. The number of hydrogen-bond donors (Lipinski definition) is 1. The third-order valence-corrected chi connectivity index (χ3v) is 6.74. The summed E-state index contributed by atoms with van der Waals surface area (Å²) in [5.74, 6) is -0.683. The van der Waals surface area contributed by atoms with Crippen molar-refractivity contribution in [1.29, 1.82) is 0 Å². The summed E-state index contributed by atoms with van der Waals surface area (Å²) in [5, 5.41) is 2.41. The van der Waals surface area contributed by atoms with Gasteiger partial charge in [0.1, 0.15) is 0 Å². The SMILES string of the molecule is Cc1ccc(NC(=O)c2cccc(S(=O)(=O)N3CCCCC3)c2)cc1C(F)(F)F. The highest BCUT2D eigenvalue weighted by molar-refractivity contribution is 7.89. The molecule has 2 aromatic carbocycles. The highest BCUT2D eigenvalue weighted by atomic mass is 32.2. The summed E-state index contributed by atoms with van der Waals surface area (Å²) in [4.78, 5) is 12.5. The van der Waals surface area contributed by atoms with E-state index < -0.39 is 27.7 Å². The lowest BCUT2D eigenvalue weighted by atomic mass is 10.1. The highest BCUT2D eigenvalue weighted by Gasteiger charge is 2.32. The van der Waals surface area contributed by atoms with E-state index in [1.165, 1.54) is 47.6 Å². The second-order valence-electron chi connectivity index (χ2n) is 6.97. The largest absolute Gasteiger partial charge is 0.416 e. The predicted molar refractivity (Wildman–Crippen MR) is 103 cm³/mol. The number of nitrogens with zero attached hydrogens (tertiary/aromatic N) is 1. The first-order valence-electron chi connectivity index (χ1n) is 9.18. The molecule has 1 N–H and O–H groups in total. The number of nitrogens with one attached hydrogen (secondary N) is 1. The number of sulfonamides is 1. The number of hydrogen-bond acceptors (Lipinski definition) is 3. The number of carbonyl (C=O) groups is 1. The first kappa shape index (κ1) is 21.3. The zero-order valence-corrected chi connectivity index (χ0v) is 16.6. The smallest absolute Gasteiger partial charge is 0.322 e. The zero-order valence-electron chi connectivity index (χ0n) is 15.8. The van der Waals surface area contributed by atoms with Gasteiger partial charge < -0.3 is 5.32 Å². The van der Waals surface area contributed by atoms with Gasteiger partial charge in [0.2, 0.25) is 10.0 Å². The molecule has 9 heteroatoms. The van der Waals surface area contributed by atoms with Crippen LogP contribution >= 0.6 is 0 Å². The van der Waals surface area contributed by atoms with Gasteiger partial charge >= 0.3 is 6.18 Å². The first-order chi connectivity index (χ1) is 13.6. The standard InChI is InChI=1S/C20H21F3N2O3S/c1-14-8-9-16(13-18(14)20(21,22)23)24-19(26)15-6-5-7-17(12-15)29(27,28)25-10-3-2-4-11-25/h5-9,12-13H,2-4,10-11H2,1H3,(H,24,26). The average molecular weight is 426 g/mol. The van der Waals surface area contributed by atoms with Gasteiger partial charge in [0.25, 0.3) is 5.91 Å². The fraction of sp³-hybridized carbons (Fsp3) is 0.350. The predicted octanol–water partition coefficient (Wildman–Crippen LogP) is 4.44. The van der Waals surface area contributed by atoms with Crippen LogP contribution in [0.3, 0.4) is 0 Å². The van der Waals surface area contributed by atoms with Gasteiger partial charge in [-0.3, -0.25) is 4.79 Å². The molecule has 1 fully saturated rings. The molecule has 0 radical (unpaired) electrons. The lowest BCUT2D eigenvalue weighted by Gasteiger charge is -2.26. The van der Waals surface area contributed by atoms with Gasteiger partial charge in [-0.25, -0.2) is 8.42 Å². The summed E-state index contributed by atoms with van der Waals surface area (Å²) in [6.45, 7) is 2.20. The molecule has 3 rings (SSSR count). The lowest BCUT2D eigenvalue weighted by molar-refractivity contribution is -0.138. The third-order valence-electron chi connectivity index (χ3n) is 4.85. The minimum atomic E-state index is -4.53. The molecule has 0 aromatic heterocycles. The molecule has 1 aliphatic rings. The zero-order chi connectivity index (χ0) is 21.2. The van der Waals surface area contributed by atoms with E-state index in [2.05, 4.69) is 5.32 Å². The van der Waals surface area contributed by atoms with Crippen molar-refractivity contribution in [3.63, 3.8) is 0 Å². The number of amides is 1. The number of anilines is 1. The topological polar surface area (TPSA) is 66.5 Å². The van der Waals surface area contributed by atoms with Crippen molar-refractivity contribution in [1.82, 2.24) is 4.31 Å². The monoisotopic (exact) mass is 426 g/mol. The molecule has 2 aromatic rings. The Bertz CT molecular complexity index is 1010. The lowest BCUT2D eigenvalue weighted by Crippen LogP contribution is -2.35. The molecule has 0 saturated carbocycles. The van der Waals surface area contributed by atoms with Gasteiger partial charge in [-0.15, -0.1) is 0 Å². The molecular formula is C20H21F3N2O3S. The van der Waals surface area contributed by atoms with Gasteiger partial charge in [-0.2, -0.15) is 17.5 Å². The van der Waals surface area contributed by atoms with Crippen LogP contribution in [0.5, 0.6) is 0 Å². The van der Waals surface area contributed by atoms with Crippen LogP contribution in [0.4, 0.5) is 18.9 Å². The number of carbonyl (C=O) groups excluding carboxylic acids is 1. The molecule has 156 valence electrons. The fourth-order valence-corrected chi connectivity index (χ4v) is 4.82. The Labute approximate surface area is 167 Å². The Morgan fingerprint density at radius 1 is 1.03 bits per heavy atom. The molecule has 0 spiro atoms. The van der Waals surface area contributed by atoms with Crippen molar-refractivity contribution in [3.05, 3.63) is 59.2 Å². The van der Waals surface area contributed by atoms with Crippen LogP contribution in [0.15, 0.2) is 47.4 Å². The molecule has 0 aliphatic carbocycles. The maximum absolute atomic E-state index is 13.1. The van der Waals surface area contributed by atoms with Crippen molar-refractivity contribution >= 4 is 21.6 Å². The van der Waals surface area contributed by atoms with E-state index in [1.54, 1.807) is 0 Å². The normalized spacial score (nSPS) is 15.9. The summed E-state index contributed by atoms with van der Waals surface area (Å²) in [6.07, 6.45) is -1.99. The summed E-state index contributed by atoms with van der Waals surface area (Å²) in [6, 6.07) is 9.03. The second-order valence-corrected chi connectivity index (χ2v) is 8.91. The Kier molecular flexibility index (Phi) is 6.00. The first-order valence-corrected chi connectivity index (χ1v) is 10.6. The minimum Gasteiger partial charge on any atom is -0.322 e. The number of aryl methyl sites for hydroxylation is 1. The van der Waals surface area contributed by atoms with Gasteiger partial charge in [0, 0.05) is 24.3 Å². The number of alkyl halides is 3. The molecule has 1 heterocycles. The van der Waals surface area contributed by atoms with Crippen LogP contribution in [-0.2, 0) is 16.2 Å². The third kappa shape index (κ3) is 4.79. The average Bonchev–Trinajstić information content (AvgIpc) is 2.69. The Hall–Kier alpha value is -2.39. The van der Waals surface area contributed by atoms with E-state index >= 15 is 0 Å². The maximum Gasteiger partial charge on any atom is 0.416 e. The maximum atomic E-state index is 13.1. The number of rotatable bonds is 4. The van der Waals surface area contributed by atoms with Crippen molar-refractivity contribution in [2.45, 2.75) is 37.3 Å². The van der Waals surface area contributed by atoms with Gasteiger partial charge in [-0.1, -0.05) is 18.6 Å². The van der Waals surface area contributed by atoms with Crippen LogP contribution in [-0.4, -0.2) is 31.7 Å². The second kappa shape index (κ2) is 8.16. The summed E-state index contributed by atoms with van der Waals surface area (Å²) in [7, 11) is -3.72. The van der Waals surface area contributed by atoms with Crippen molar-refractivity contribution in [2.24, 2.45) is 0 Å².